The van der Waals surface area contributed by atoms with Gasteiger partial charge in [-0.3, -0.25) is 4.79 Å². The fourth-order valence-corrected chi connectivity index (χ4v) is 1.41. The Morgan fingerprint density at radius 1 is 1.56 bits per heavy atom. The normalized spacial score (nSPS) is 10.3. The van der Waals surface area contributed by atoms with E-state index < -0.39 is 5.91 Å². The highest BCUT2D eigenvalue weighted by Crippen LogP contribution is 2.18. The Hall–Kier alpha value is -2.57. The molecule has 94 valence electrons. The molecule has 1 aromatic carbocycles. The molecular formula is C11H12N4O3. The predicted octanol–water partition coefficient (Wildman–Crippen LogP) is 0.596. The number of nitrogens with one attached hydrogen (secondary N) is 1. The summed E-state index contributed by atoms with van der Waals surface area (Å²) in [6, 6.07) is 4.17. The summed E-state index contributed by atoms with van der Waals surface area (Å²) in [5.41, 5.74) is 6.13. The molecule has 0 radical (unpaired) electrons. The number of aromatic nitrogens is 2. The van der Waals surface area contributed by atoms with Crippen LogP contribution in [0.1, 0.15) is 22.1 Å². The maximum absolute atomic E-state index is 11.8. The van der Waals surface area contributed by atoms with Crippen molar-refractivity contribution in [2.45, 2.75) is 13.5 Å². The van der Waals surface area contributed by atoms with Crippen LogP contribution in [0.4, 0.5) is 5.69 Å². The lowest BCUT2D eigenvalue weighted by molar-refractivity contribution is 0.0950. The fourth-order valence-electron chi connectivity index (χ4n) is 1.41. The smallest absolute Gasteiger partial charge is 0.253 e. The van der Waals surface area contributed by atoms with E-state index >= 15 is 0 Å². The van der Waals surface area contributed by atoms with E-state index in [0.29, 0.717) is 11.7 Å². The Morgan fingerprint density at radius 3 is 3.00 bits per heavy atom. The van der Waals surface area contributed by atoms with Crippen LogP contribution in [0.25, 0.3) is 0 Å². The summed E-state index contributed by atoms with van der Waals surface area (Å²) in [6.07, 6.45) is 0. The van der Waals surface area contributed by atoms with Crippen LogP contribution >= 0.6 is 0 Å². The average molecular weight is 248 g/mol. The molecule has 0 aliphatic carbocycles. The standard InChI is InChI=1S/C11H12N4O3/c1-6-14-10(15-18-6)5-13-11(17)8-4-7(16)2-3-9(8)12/h2-4,16H,5,12H2,1H3,(H,13,17). The minimum atomic E-state index is -0.411. The molecule has 0 aliphatic heterocycles. The number of carbonyl (C=O) groups is 1. The number of anilines is 1. The van der Waals surface area contributed by atoms with Gasteiger partial charge in [-0.1, -0.05) is 5.16 Å². The number of hydrogen-bond donors (Lipinski definition) is 3. The molecule has 0 atom stereocenters. The number of rotatable bonds is 3. The van der Waals surface area contributed by atoms with E-state index in [1.165, 1.54) is 18.2 Å². The molecule has 0 bridgehead atoms. The van der Waals surface area contributed by atoms with Crippen LogP contribution in [-0.2, 0) is 6.54 Å². The van der Waals surface area contributed by atoms with E-state index in [-0.39, 0.29) is 23.5 Å². The van der Waals surface area contributed by atoms with Crippen LogP contribution in [0.15, 0.2) is 22.7 Å². The number of benzene rings is 1. The molecule has 0 aliphatic rings. The highest BCUT2D eigenvalue weighted by atomic mass is 16.5. The van der Waals surface area contributed by atoms with Gasteiger partial charge in [0.2, 0.25) is 5.89 Å². The van der Waals surface area contributed by atoms with Crippen molar-refractivity contribution in [1.82, 2.24) is 15.5 Å². The third-order valence-corrected chi connectivity index (χ3v) is 2.26. The molecule has 7 nitrogen and oxygen atoms in total. The molecule has 7 heteroatoms. The van der Waals surface area contributed by atoms with Gasteiger partial charge in [0.15, 0.2) is 5.82 Å². The van der Waals surface area contributed by atoms with Crippen LogP contribution in [-0.4, -0.2) is 21.2 Å². The third-order valence-electron chi connectivity index (χ3n) is 2.26. The van der Waals surface area contributed by atoms with E-state index in [0.717, 1.165) is 0 Å². The number of nitrogens with two attached hydrogens (primary N) is 1. The quantitative estimate of drug-likeness (QED) is 0.541. The third kappa shape index (κ3) is 2.57. The summed E-state index contributed by atoms with van der Waals surface area (Å²) in [5, 5.41) is 15.5. The lowest BCUT2D eigenvalue weighted by Crippen LogP contribution is -2.24. The largest absolute Gasteiger partial charge is 0.508 e. The van der Waals surface area contributed by atoms with Gasteiger partial charge in [0, 0.05) is 12.6 Å². The molecular weight excluding hydrogens is 236 g/mol. The molecule has 2 rings (SSSR count). The summed E-state index contributed by atoms with van der Waals surface area (Å²) >= 11 is 0. The van der Waals surface area contributed by atoms with Gasteiger partial charge in [-0.05, 0) is 18.2 Å². The summed E-state index contributed by atoms with van der Waals surface area (Å²) in [7, 11) is 0. The monoisotopic (exact) mass is 248 g/mol. The van der Waals surface area contributed by atoms with Crippen molar-refractivity contribution in [3.8, 4) is 5.75 Å². The summed E-state index contributed by atoms with van der Waals surface area (Å²) in [5.74, 6) is 0.367. The first-order chi connectivity index (χ1) is 8.56. The molecule has 1 amide bonds. The number of carbonyl (C=O) groups excluding carboxylic acids is 1. The topological polar surface area (TPSA) is 114 Å². The second-order valence-corrected chi connectivity index (χ2v) is 3.68. The number of hydrogen-bond acceptors (Lipinski definition) is 6. The predicted molar refractivity (Wildman–Crippen MR) is 62.7 cm³/mol. The van der Waals surface area contributed by atoms with Crippen LogP contribution in [0.3, 0.4) is 0 Å². The minimum Gasteiger partial charge on any atom is -0.508 e. The molecule has 0 saturated heterocycles. The minimum absolute atomic E-state index is 0.0234. The number of nitrogen functional groups attached to an aromatic ring is 1. The average Bonchev–Trinajstić information content (AvgIpc) is 2.75. The zero-order chi connectivity index (χ0) is 13.1. The lowest BCUT2D eigenvalue weighted by atomic mass is 10.1. The SMILES string of the molecule is Cc1nc(CNC(=O)c2cc(O)ccc2N)no1. The number of aryl methyl sites for hydroxylation is 1. The maximum Gasteiger partial charge on any atom is 0.253 e. The van der Waals surface area contributed by atoms with Crippen molar-refractivity contribution >= 4 is 11.6 Å². The van der Waals surface area contributed by atoms with Gasteiger partial charge in [0.25, 0.3) is 5.91 Å². The van der Waals surface area contributed by atoms with Gasteiger partial charge in [0.1, 0.15) is 5.75 Å². The van der Waals surface area contributed by atoms with E-state index in [1.807, 2.05) is 0 Å². The number of amides is 1. The number of aromatic hydroxyl groups is 1. The Bertz CT molecular complexity index is 579. The summed E-state index contributed by atoms with van der Waals surface area (Å²) in [6.45, 7) is 1.79. The van der Waals surface area contributed by atoms with Crippen molar-refractivity contribution in [1.29, 1.82) is 0 Å². The molecule has 0 spiro atoms. The van der Waals surface area contributed by atoms with Crippen LogP contribution in [0, 0.1) is 6.92 Å². The summed E-state index contributed by atoms with van der Waals surface area (Å²) in [4.78, 5) is 15.8. The number of phenols is 1. The molecule has 0 saturated carbocycles. The zero-order valence-corrected chi connectivity index (χ0v) is 9.67. The molecule has 0 fully saturated rings. The van der Waals surface area contributed by atoms with Crippen LogP contribution in [0.5, 0.6) is 5.75 Å². The van der Waals surface area contributed by atoms with Gasteiger partial charge >= 0.3 is 0 Å². The first kappa shape index (κ1) is 11.9. The van der Waals surface area contributed by atoms with Crippen molar-refractivity contribution < 1.29 is 14.4 Å². The molecule has 1 heterocycles. The van der Waals surface area contributed by atoms with Gasteiger partial charge in [0.05, 0.1) is 12.1 Å². The molecule has 4 N–H and O–H groups in total. The highest BCUT2D eigenvalue weighted by Gasteiger charge is 2.11. The zero-order valence-electron chi connectivity index (χ0n) is 9.67. The van der Waals surface area contributed by atoms with E-state index in [9.17, 15) is 9.90 Å². The van der Waals surface area contributed by atoms with Crippen molar-refractivity contribution in [3.63, 3.8) is 0 Å². The van der Waals surface area contributed by atoms with E-state index in [2.05, 4.69) is 15.5 Å². The molecule has 0 unspecified atom stereocenters. The molecule has 18 heavy (non-hydrogen) atoms. The van der Waals surface area contributed by atoms with Crippen molar-refractivity contribution in [2.24, 2.45) is 0 Å². The van der Waals surface area contributed by atoms with Crippen molar-refractivity contribution in [2.75, 3.05) is 5.73 Å². The first-order valence-electron chi connectivity index (χ1n) is 5.22. The lowest BCUT2D eigenvalue weighted by Gasteiger charge is -2.06. The second-order valence-electron chi connectivity index (χ2n) is 3.68. The second kappa shape index (κ2) is 4.74. The Labute approximate surface area is 103 Å². The summed E-state index contributed by atoms with van der Waals surface area (Å²) < 4.78 is 4.77. The van der Waals surface area contributed by atoms with E-state index in [4.69, 9.17) is 10.3 Å². The van der Waals surface area contributed by atoms with Gasteiger partial charge in [-0.2, -0.15) is 4.98 Å². The van der Waals surface area contributed by atoms with Gasteiger partial charge in [-0.15, -0.1) is 0 Å². The van der Waals surface area contributed by atoms with Gasteiger partial charge < -0.3 is 20.7 Å². The van der Waals surface area contributed by atoms with Crippen molar-refractivity contribution in [3.05, 3.63) is 35.5 Å². The number of nitrogens with zero attached hydrogens (tertiary/aromatic N) is 2. The van der Waals surface area contributed by atoms with E-state index in [1.54, 1.807) is 6.92 Å². The maximum atomic E-state index is 11.8. The molecule has 1 aromatic heterocycles. The highest BCUT2D eigenvalue weighted by molar-refractivity contribution is 5.99. The Balaban J connectivity index is 2.05. The Morgan fingerprint density at radius 2 is 2.33 bits per heavy atom. The van der Waals surface area contributed by atoms with Gasteiger partial charge in [-0.25, -0.2) is 0 Å². The van der Waals surface area contributed by atoms with Crippen LogP contribution < -0.4 is 11.1 Å². The first-order valence-corrected chi connectivity index (χ1v) is 5.22. The van der Waals surface area contributed by atoms with Crippen LogP contribution in [0.2, 0.25) is 0 Å². The fraction of sp³-hybridized carbons (Fsp3) is 0.182. The Kier molecular flexibility index (Phi) is 3.13. The number of phenolic OH excluding ortho intramolecular Hbond substituents is 1. The molecule has 2 aromatic rings.